The molecule has 2 aromatic heterocycles. The largest absolute Gasteiger partial charge is 0.377 e. The topological polar surface area (TPSA) is 80.2 Å². The van der Waals surface area contributed by atoms with Crippen LogP contribution in [0.15, 0.2) is 36.7 Å². The van der Waals surface area contributed by atoms with Crippen LogP contribution < -0.4 is 5.32 Å². The lowest BCUT2D eigenvalue weighted by molar-refractivity contribution is -0.139. The first-order valence-electron chi connectivity index (χ1n) is 9.13. The van der Waals surface area contributed by atoms with Crippen molar-refractivity contribution in [2.45, 2.75) is 25.3 Å². The van der Waals surface area contributed by atoms with Gasteiger partial charge >= 0.3 is 0 Å². The number of ether oxygens (including phenoxy) is 1. The summed E-state index contributed by atoms with van der Waals surface area (Å²) >= 11 is 0. The molecule has 0 radical (unpaired) electrons. The minimum absolute atomic E-state index is 0.0249. The first-order valence-corrected chi connectivity index (χ1v) is 9.13. The van der Waals surface area contributed by atoms with E-state index in [1.165, 1.54) is 12.8 Å². The molecule has 1 atom stereocenters. The number of aromatic nitrogens is 3. The Labute approximate surface area is 152 Å². The van der Waals surface area contributed by atoms with Gasteiger partial charge in [0.2, 0.25) is 5.91 Å². The fourth-order valence-corrected chi connectivity index (χ4v) is 3.08. The highest BCUT2D eigenvalue weighted by Crippen LogP contribution is 2.29. The predicted octanol–water partition coefficient (Wildman–Crippen LogP) is 1.84. The summed E-state index contributed by atoms with van der Waals surface area (Å²) in [6.45, 7) is 2.43. The van der Waals surface area contributed by atoms with Gasteiger partial charge in [-0.3, -0.25) is 9.78 Å². The molecule has 1 amide bonds. The molecular formula is C19H23N5O2. The van der Waals surface area contributed by atoms with Gasteiger partial charge < -0.3 is 15.0 Å². The Morgan fingerprint density at radius 1 is 1.23 bits per heavy atom. The molecule has 136 valence electrons. The fraction of sp³-hybridized carbons (Fsp3) is 0.474. The van der Waals surface area contributed by atoms with Gasteiger partial charge in [0.05, 0.1) is 19.6 Å². The minimum atomic E-state index is -0.261. The van der Waals surface area contributed by atoms with Crippen LogP contribution in [-0.2, 0) is 16.0 Å². The number of carbonyl (C=O) groups is 1. The summed E-state index contributed by atoms with van der Waals surface area (Å²) in [6.07, 6.45) is 6.30. The Bertz CT molecular complexity index is 751. The van der Waals surface area contributed by atoms with E-state index in [-0.39, 0.29) is 18.4 Å². The molecule has 1 saturated carbocycles. The lowest BCUT2D eigenvalue weighted by atomic mass is 10.1. The Balaban J connectivity index is 1.47. The molecule has 1 unspecified atom stereocenters. The van der Waals surface area contributed by atoms with Crippen LogP contribution in [0.3, 0.4) is 0 Å². The maximum Gasteiger partial charge on any atom is 0.229 e. The number of hydrogen-bond acceptors (Lipinski definition) is 6. The van der Waals surface area contributed by atoms with E-state index in [9.17, 15) is 4.79 Å². The van der Waals surface area contributed by atoms with E-state index < -0.39 is 0 Å². The zero-order chi connectivity index (χ0) is 17.8. The highest BCUT2D eigenvalue weighted by Gasteiger charge is 2.31. The average Bonchev–Trinajstić information content (AvgIpc) is 3.52. The van der Waals surface area contributed by atoms with Gasteiger partial charge in [-0.15, -0.1) is 0 Å². The number of anilines is 1. The molecule has 1 aliphatic carbocycles. The number of nitrogens with zero attached hydrogens (tertiary/aromatic N) is 4. The number of pyridine rings is 1. The molecule has 0 aromatic carbocycles. The third kappa shape index (κ3) is 4.16. The summed E-state index contributed by atoms with van der Waals surface area (Å²) in [6, 6.07) is 7.22. The zero-order valence-electron chi connectivity index (χ0n) is 14.7. The molecule has 3 heterocycles. The van der Waals surface area contributed by atoms with Crippen LogP contribution in [0.2, 0.25) is 0 Å². The van der Waals surface area contributed by atoms with Crippen molar-refractivity contribution in [3.63, 3.8) is 0 Å². The van der Waals surface area contributed by atoms with E-state index in [0.717, 1.165) is 24.0 Å². The quantitative estimate of drug-likeness (QED) is 0.853. The molecule has 2 aromatic rings. The van der Waals surface area contributed by atoms with E-state index in [1.54, 1.807) is 12.4 Å². The third-order valence-corrected chi connectivity index (χ3v) is 4.75. The van der Waals surface area contributed by atoms with Gasteiger partial charge in [-0.1, -0.05) is 6.07 Å². The smallest absolute Gasteiger partial charge is 0.229 e. The van der Waals surface area contributed by atoms with Crippen LogP contribution in [0.25, 0.3) is 0 Å². The van der Waals surface area contributed by atoms with Gasteiger partial charge in [0.15, 0.2) is 5.82 Å². The van der Waals surface area contributed by atoms with Gasteiger partial charge in [-0.05, 0) is 37.0 Å². The summed E-state index contributed by atoms with van der Waals surface area (Å²) in [5.41, 5.74) is 0.767. The number of carbonyl (C=O) groups excluding carboxylic acids is 1. The summed E-state index contributed by atoms with van der Waals surface area (Å²) in [4.78, 5) is 27.9. The number of hydrogen-bond donors (Lipinski definition) is 1. The van der Waals surface area contributed by atoms with Crippen LogP contribution >= 0.6 is 0 Å². The van der Waals surface area contributed by atoms with E-state index in [2.05, 4.69) is 20.3 Å². The normalized spacial score (nSPS) is 20.0. The van der Waals surface area contributed by atoms with Crippen molar-refractivity contribution in [2.75, 3.05) is 31.6 Å². The van der Waals surface area contributed by atoms with Crippen LogP contribution in [0, 0.1) is 5.92 Å². The number of nitrogens with one attached hydrogen (secondary N) is 1. The summed E-state index contributed by atoms with van der Waals surface area (Å²) in [5, 5.41) is 3.36. The minimum Gasteiger partial charge on any atom is -0.377 e. The van der Waals surface area contributed by atoms with Crippen molar-refractivity contribution >= 4 is 11.7 Å². The zero-order valence-corrected chi connectivity index (χ0v) is 14.7. The standard InChI is InChI=1S/C19H23N5O2/c25-18(11-15-3-1-2-7-20-15)24-9-10-26-13-16(24)19-21-8-6-17(23-19)22-12-14-4-5-14/h1-3,6-8,14,16H,4-5,9-13H2,(H,21,22,23). The van der Waals surface area contributed by atoms with E-state index in [4.69, 9.17) is 4.74 Å². The first-order chi connectivity index (χ1) is 12.8. The SMILES string of the molecule is O=C(Cc1ccccn1)N1CCOCC1c1nccc(NCC2CC2)n1. The van der Waals surface area contributed by atoms with Crippen LogP contribution in [0.4, 0.5) is 5.82 Å². The van der Waals surface area contributed by atoms with Crippen molar-refractivity contribution in [1.82, 2.24) is 19.9 Å². The lowest BCUT2D eigenvalue weighted by Crippen LogP contribution is -2.44. The molecule has 0 bridgehead atoms. The Morgan fingerprint density at radius 2 is 2.15 bits per heavy atom. The first kappa shape index (κ1) is 16.9. The molecule has 1 N–H and O–H groups in total. The summed E-state index contributed by atoms with van der Waals surface area (Å²) in [5.74, 6) is 2.23. The van der Waals surface area contributed by atoms with Crippen LogP contribution in [0.5, 0.6) is 0 Å². The third-order valence-electron chi connectivity index (χ3n) is 4.75. The molecule has 7 heteroatoms. The van der Waals surface area contributed by atoms with Crippen molar-refractivity contribution < 1.29 is 9.53 Å². The van der Waals surface area contributed by atoms with Gasteiger partial charge in [0.25, 0.3) is 0 Å². The van der Waals surface area contributed by atoms with Gasteiger partial charge in [-0.25, -0.2) is 9.97 Å². The van der Waals surface area contributed by atoms with Gasteiger partial charge in [0.1, 0.15) is 11.9 Å². The molecule has 26 heavy (non-hydrogen) atoms. The second kappa shape index (κ2) is 7.78. The maximum atomic E-state index is 12.8. The molecule has 2 aliphatic rings. The van der Waals surface area contributed by atoms with Gasteiger partial charge in [-0.2, -0.15) is 0 Å². The fourth-order valence-electron chi connectivity index (χ4n) is 3.08. The van der Waals surface area contributed by atoms with E-state index in [0.29, 0.717) is 25.6 Å². The van der Waals surface area contributed by atoms with Crippen LogP contribution in [-0.4, -0.2) is 52.1 Å². The summed E-state index contributed by atoms with van der Waals surface area (Å²) < 4.78 is 5.61. The highest BCUT2D eigenvalue weighted by molar-refractivity contribution is 5.78. The van der Waals surface area contributed by atoms with Crippen molar-refractivity contribution in [2.24, 2.45) is 5.92 Å². The second-order valence-corrected chi connectivity index (χ2v) is 6.80. The lowest BCUT2D eigenvalue weighted by Gasteiger charge is -2.34. The molecule has 1 saturated heterocycles. The second-order valence-electron chi connectivity index (χ2n) is 6.80. The molecule has 0 spiro atoms. The number of morpholine rings is 1. The van der Waals surface area contributed by atoms with E-state index >= 15 is 0 Å². The highest BCUT2D eigenvalue weighted by atomic mass is 16.5. The Morgan fingerprint density at radius 3 is 2.96 bits per heavy atom. The number of rotatable bonds is 6. The van der Waals surface area contributed by atoms with Crippen molar-refractivity contribution in [1.29, 1.82) is 0 Å². The molecule has 7 nitrogen and oxygen atoms in total. The predicted molar refractivity (Wildman–Crippen MR) is 96.5 cm³/mol. The summed E-state index contributed by atoms with van der Waals surface area (Å²) in [7, 11) is 0. The van der Waals surface area contributed by atoms with E-state index in [1.807, 2.05) is 29.2 Å². The molecule has 4 rings (SSSR count). The number of amides is 1. The Hall–Kier alpha value is -2.54. The van der Waals surface area contributed by atoms with Crippen molar-refractivity contribution in [3.05, 3.63) is 48.2 Å². The average molecular weight is 353 g/mol. The van der Waals surface area contributed by atoms with Crippen molar-refractivity contribution in [3.8, 4) is 0 Å². The van der Waals surface area contributed by atoms with Crippen LogP contribution in [0.1, 0.15) is 30.4 Å². The molecule has 1 aliphatic heterocycles. The monoisotopic (exact) mass is 353 g/mol. The molecular weight excluding hydrogens is 330 g/mol. The van der Waals surface area contributed by atoms with Gasteiger partial charge in [0, 0.05) is 31.2 Å². The Kier molecular flexibility index (Phi) is 5.06. The maximum absolute atomic E-state index is 12.8. The molecule has 2 fully saturated rings.